The van der Waals surface area contributed by atoms with Crippen LogP contribution in [0.2, 0.25) is 0 Å². The van der Waals surface area contributed by atoms with Gasteiger partial charge in [-0.05, 0) is 31.0 Å². The van der Waals surface area contributed by atoms with Crippen molar-refractivity contribution in [2.24, 2.45) is 0 Å². The number of rotatable bonds is 4. The summed E-state index contributed by atoms with van der Waals surface area (Å²) in [7, 11) is 1.64. The number of hydrogen-bond acceptors (Lipinski definition) is 3. The molecule has 0 bridgehead atoms. The average Bonchev–Trinajstić information content (AvgIpc) is 3.05. The lowest BCUT2D eigenvalue weighted by Crippen LogP contribution is -2.12. The van der Waals surface area contributed by atoms with Crippen LogP contribution in [0.4, 0.5) is 0 Å². The summed E-state index contributed by atoms with van der Waals surface area (Å²) < 4.78 is 7.47. The molecule has 3 rings (SSSR count). The van der Waals surface area contributed by atoms with Crippen LogP contribution in [0.25, 0.3) is 11.1 Å². The fourth-order valence-corrected chi connectivity index (χ4v) is 3.05. The van der Waals surface area contributed by atoms with Crippen LogP contribution in [-0.4, -0.2) is 23.2 Å². The van der Waals surface area contributed by atoms with Crippen LogP contribution < -0.4 is 4.74 Å². The van der Waals surface area contributed by atoms with Gasteiger partial charge in [0.2, 0.25) is 0 Å². The molecular formula is C17H20N2O2. The van der Waals surface area contributed by atoms with Crippen molar-refractivity contribution >= 4 is 6.29 Å². The first-order chi connectivity index (χ1) is 10.3. The van der Waals surface area contributed by atoms with E-state index in [1.165, 1.54) is 32.1 Å². The van der Waals surface area contributed by atoms with Gasteiger partial charge in [-0.1, -0.05) is 19.3 Å². The molecule has 1 saturated carbocycles. The molecule has 0 radical (unpaired) electrons. The van der Waals surface area contributed by atoms with E-state index in [1.807, 2.05) is 18.3 Å². The predicted octanol–water partition coefficient (Wildman–Crippen LogP) is 3.88. The molecular weight excluding hydrogens is 264 g/mol. The number of nitrogens with zero attached hydrogens (tertiary/aromatic N) is 2. The Bertz CT molecular complexity index is 627. The smallest absolute Gasteiger partial charge is 0.150 e. The van der Waals surface area contributed by atoms with Crippen LogP contribution in [0.15, 0.2) is 30.6 Å². The summed E-state index contributed by atoms with van der Waals surface area (Å²) in [5.74, 6) is 0.767. The second kappa shape index (κ2) is 6.12. The Balaban J connectivity index is 1.93. The summed E-state index contributed by atoms with van der Waals surface area (Å²) in [5.41, 5.74) is 2.57. The molecule has 1 fully saturated rings. The Hall–Kier alpha value is -2.10. The van der Waals surface area contributed by atoms with Crippen molar-refractivity contribution in [1.29, 1.82) is 0 Å². The fourth-order valence-electron chi connectivity index (χ4n) is 3.05. The molecule has 2 aromatic rings. The van der Waals surface area contributed by atoms with Gasteiger partial charge in [0, 0.05) is 22.9 Å². The Morgan fingerprint density at radius 2 is 2.10 bits per heavy atom. The Morgan fingerprint density at radius 1 is 1.29 bits per heavy atom. The van der Waals surface area contributed by atoms with Gasteiger partial charge in [-0.3, -0.25) is 9.48 Å². The summed E-state index contributed by atoms with van der Waals surface area (Å²) in [4.78, 5) is 11.0. The number of ether oxygens (including phenoxy) is 1. The predicted molar refractivity (Wildman–Crippen MR) is 81.7 cm³/mol. The standard InChI is InChI=1S/C17H20N2O2/c1-21-17-8-7-13(12-20)9-16(17)14-10-18-19(11-14)15-5-3-2-4-6-15/h7-12,15H,2-6H2,1H3. The molecule has 1 aliphatic rings. The first-order valence-electron chi connectivity index (χ1n) is 7.49. The zero-order valence-corrected chi connectivity index (χ0v) is 12.3. The molecule has 1 aliphatic carbocycles. The zero-order valence-electron chi connectivity index (χ0n) is 12.3. The fraction of sp³-hybridized carbons (Fsp3) is 0.412. The number of carbonyl (C=O) groups excluding carboxylic acids is 1. The van der Waals surface area contributed by atoms with Crippen LogP contribution in [0.5, 0.6) is 5.75 Å². The van der Waals surface area contributed by atoms with E-state index in [2.05, 4.69) is 16.0 Å². The number of aldehydes is 1. The highest BCUT2D eigenvalue weighted by Crippen LogP contribution is 2.33. The monoisotopic (exact) mass is 284 g/mol. The Kier molecular flexibility index (Phi) is 4.04. The summed E-state index contributed by atoms with van der Waals surface area (Å²) >= 11 is 0. The van der Waals surface area contributed by atoms with Crippen molar-refractivity contribution in [1.82, 2.24) is 9.78 Å². The van der Waals surface area contributed by atoms with E-state index in [-0.39, 0.29) is 0 Å². The lowest BCUT2D eigenvalue weighted by Gasteiger charge is -2.21. The minimum atomic E-state index is 0.507. The normalized spacial score (nSPS) is 15.9. The number of carbonyl (C=O) groups is 1. The van der Waals surface area contributed by atoms with Crippen LogP contribution in [-0.2, 0) is 0 Å². The van der Waals surface area contributed by atoms with Crippen LogP contribution in [0.3, 0.4) is 0 Å². The van der Waals surface area contributed by atoms with Gasteiger partial charge in [-0.2, -0.15) is 5.10 Å². The molecule has 1 heterocycles. The molecule has 0 aliphatic heterocycles. The van der Waals surface area contributed by atoms with E-state index in [9.17, 15) is 4.79 Å². The first-order valence-corrected chi connectivity index (χ1v) is 7.49. The van der Waals surface area contributed by atoms with E-state index in [0.29, 0.717) is 11.6 Å². The highest BCUT2D eigenvalue weighted by atomic mass is 16.5. The van der Waals surface area contributed by atoms with E-state index in [1.54, 1.807) is 13.2 Å². The first kappa shape index (κ1) is 13.9. The molecule has 0 amide bonds. The van der Waals surface area contributed by atoms with E-state index in [4.69, 9.17) is 4.74 Å². The SMILES string of the molecule is COc1ccc(C=O)cc1-c1cnn(C2CCCCC2)c1. The van der Waals surface area contributed by atoms with Crippen molar-refractivity contribution in [3.63, 3.8) is 0 Å². The van der Waals surface area contributed by atoms with Crippen molar-refractivity contribution < 1.29 is 9.53 Å². The maximum absolute atomic E-state index is 11.0. The molecule has 1 aromatic carbocycles. The Morgan fingerprint density at radius 3 is 2.81 bits per heavy atom. The molecule has 110 valence electrons. The lowest BCUT2D eigenvalue weighted by molar-refractivity contribution is 0.112. The molecule has 0 atom stereocenters. The largest absolute Gasteiger partial charge is 0.496 e. The molecule has 21 heavy (non-hydrogen) atoms. The summed E-state index contributed by atoms with van der Waals surface area (Å²) in [6.07, 6.45) is 11.1. The summed E-state index contributed by atoms with van der Waals surface area (Å²) in [5, 5.41) is 4.52. The summed E-state index contributed by atoms with van der Waals surface area (Å²) in [6, 6.07) is 5.96. The highest BCUT2D eigenvalue weighted by molar-refractivity contribution is 5.81. The molecule has 4 nitrogen and oxygen atoms in total. The molecule has 0 spiro atoms. The zero-order chi connectivity index (χ0) is 14.7. The summed E-state index contributed by atoms with van der Waals surface area (Å²) in [6.45, 7) is 0. The molecule has 0 unspecified atom stereocenters. The number of methoxy groups -OCH3 is 1. The minimum absolute atomic E-state index is 0.507. The van der Waals surface area contributed by atoms with Crippen molar-refractivity contribution in [2.45, 2.75) is 38.1 Å². The van der Waals surface area contributed by atoms with Crippen LogP contribution >= 0.6 is 0 Å². The van der Waals surface area contributed by atoms with Gasteiger partial charge in [0.25, 0.3) is 0 Å². The van der Waals surface area contributed by atoms with Crippen molar-refractivity contribution in [3.8, 4) is 16.9 Å². The van der Waals surface area contributed by atoms with E-state index in [0.717, 1.165) is 23.2 Å². The molecule has 4 heteroatoms. The van der Waals surface area contributed by atoms with Crippen LogP contribution in [0.1, 0.15) is 48.5 Å². The van der Waals surface area contributed by atoms with Gasteiger partial charge in [-0.25, -0.2) is 0 Å². The van der Waals surface area contributed by atoms with Gasteiger partial charge in [0.1, 0.15) is 12.0 Å². The van der Waals surface area contributed by atoms with Crippen molar-refractivity contribution in [2.75, 3.05) is 7.11 Å². The molecule has 0 saturated heterocycles. The van der Waals surface area contributed by atoms with Gasteiger partial charge in [0.05, 0.1) is 19.3 Å². The van der Waals surface area contributed by atoms with Crippen LogP contribution in [0, 0.1) is 0 Å². The van der Waals surface area contributed by atoms with Gasteiger partial charge < -0.3 is 4.74 Å². The molecule has 1 aromatic heterocycles. The third-order valence-corrected chi connectivity index (χ3v) is 4.22. The third-order valence-electron chi connectivity index (χ3n) is 4.22. The van der Waals surface area contributed by atoms with Crippen molar-refractivity contribution in [3.05, 3.63) is 36.2 Å². The number of benzene rings is 1. The second-order valence-electron chi connectivity index (χ2n) is 5.58. The Labute approximate surface area is 124 Å². The third kappa shape index (κ3) is 2.84. The maximum Gasteiger partial charge on any atom is 0.150 e. The quantitative estimate of drug-likeness (QED) is 0.800. The van der Waals surface area contributed by atoms with Gasteiger partial charge in [-0.15, -0.1) is 0 Å². The maximum atomic E-state index is 11.0. The van der Waals surface area contributed by atoms with E-state index < -0.39 is 0 Å². The minimum Gasteiger partial charge on any atom is -0.496 e. The van der Waals surface area contributed by atoms with Gasteiger partial charge >= 0.3 is 0 Å². The number of hydrogen-bond donors (Lipinski definition) is 0. The highest BCUT2D eigenvalue weighted by Gasteiger charge is 2.17. The molecule has 0 N–H and O–H groups in total. The van der Waals surface area contributed by atoms with E-state index >= 15 is 0 Å². The second-order valence-corrected chi connectivity index (χ2v) is 5.58. The lowest BCUT2D eigenvalue weighted by atomic mass is 9.96. The van der Waals surface area contributed by atoms with Gasteiger partial charge in [0.15, 0.2) is 0 Å². The average molecular weight is 284 g/mol. The topological polar surface area (TPSA) is 44.1 Å². The number of aromatic nitrogens is 2.